The standard InChI is InChI=1S/C13H17N5O/c1-10-8-17-18(9-10)5-4-16-13(19)11-2-3-15-12(6-11)7-14/h2-3,6,8-9H,4-5,7,14H2,1H3,(H,16,19). The van der Waals surface area contributed by atoms with E-state index in [2.05, 4.69) is 15.4 Å². The number of nitrogens with two attached hydrogens (primary N) is 1. The number of amides is 1. The molecule has 0 atom stereocenters. The molecule has 0 aromatic carbocycles. The summed E-state index contributed by atoms with van der Waals surface area (Å²) in [7, 11) is 0. The largest absolute Gasteiger partial charge is 0.350 e. The Morgan fingerprint density at radius 1 is 1.53 bits per heavy atom. The highest BCUT2D eigenvalue weighted by Gasteiger charge is 2.05. The van der Waals surface area contributed by atoms with Crippen LogP contribution in [0.25, 0.3) is 0 Å². The van der Waals surface area contributed by atoms with Crippen LogP contribution >= 0.6 is 0 Å². The Balaban J connectivity index is 1.87. The van der Waals surface area contributed by atoms with E-state index >= 15 is 0 Å². The first-order valence-electron chi connectivity index (χ1n) is 6.11. The maximum atomic E-state index is 11.9. The molecule has 0 spiro atoms. The summed E-state index contributed by atoms with van der Waals surface area (Å²) in [5, 5.41) is 6.99. The van der Waals surface area contributed by atoms with Gasteiger partial charge in [0.05, 0.1) is 18.4 Å². The number of hydrogen-bond acceptors (Lipinski definition) is 4. The predicted molar refractivity (Wildman–Crippen MR) is 71.4 cm³/mol. The van der Waals surface area contributed by atoms with Crippen molar-refractivity contribution in [3.05, 3.63) is 47.5 Å². The Morgan fingerprint density at radius 2 is 2.37 bits per heavy atom. The Bertz CT molecular complexity index is 564. The number of hydrogen-bond donors (Lipinski definition) is 2. The second kappa shape index (κ2) is 6.10. The van der Waals surface area contributed by atoms with Crippen molar-refractivity contribution in [2.24, 2.45) is 5.73 Å². The number of nitrogens with zero attached hydrogens (tertiary/aromatic N) is 3. The van der Waals surface area contributed by atoms with Gasteiger partial charge in [-0.3, -0.25) is 14.5 Å². The zero-order valence-electron chi connectivity index (χ0n) is 10.8. The van der Waals surface area contributed by atoms with Crippen LogP contribution in [0.2, 0.25) is 0 Å². The highest BCUT2D eigenvalue weighted by atomic mass is 16.1. The van der Waals surface area contributed by atoms with Crippen LogP contribution in [-0.4, -0.2) is 27.2 Å². The van der Waals surface area contributed by atoms with Crippen molar-refractivity contribution in [2.45, 2.75) is 20.0 Å². The van der Waals surface area contributed by atoms with E-state index in [0.29, 0.717) is 30.9 Å². The third kappa shape index (κ3) is 3.62. The molecule has 0 bridgehead atoms. The van der Waals surface area contributed by atoms with Crippen LogP contribution in [0.5, 0.6) is 0 Å². The van der Waals surface area contributed by atoms with E-state index < -0.39 is 0 Å². The number of nitrogens with one attached hydrogen (secondary N) is 1. The Morgan fingerprint density at radius 3 is 3.05 bits per heavy atom. The van der Waals surface area contributed by atoms with Gasteiger partial charge < -0.3 is 11.1 Å². The summed E-state index contributed by atoms with van der Waals surface area (Å²) in [6, 6.07) is 3.37. The zero-order chi connectivity index (χ0) is 13.7. The predicted octanol–water partition coefficient (Wildman–Crippen LogP) is 0.475. The summed E-state index contributed by atoms with van der Waals surface area (Å²) >= 11 is 0. The van der Waals surface area contributed by atoms with Crippen LogP contribution in [0, 0.1) is 6.92 Å². The van der Waals surface area contributed by atoms with Gasteiger partial charge in [-0.2, -0.15) is 5.10 Å². The van der Waals surface area contributed by atoms with Gasteiger partial charge in [-0.25, -0.2) is 0 Å². The summed E-state index contributed by atoms with van der Waals surface area (Å²) in [5.74, 6) is -0.124. The number of aryl methyl sites for hydroxylation is 1. The molecule has 6 heteroatoms. The van der Waals surface area contributed by atoms with E-state index in [9.17, 15) is 4.79 Å². The molecule has 0 aliphatic carbocycles. The maximum absolute atomic E-state index is 11.9. The molecule has 0 aliphatic rings. The lowest BCUT2D eigenvalue weighted by molar-refractivity contribution is 0.0951. The molecular formula is C13H17N5O. The van der Waals surface area contributed by atoms with E-state index in [0.717, 1.165) is 5.56 Å². The number of pyridine rings is 1. The van der Waals surface area contributed by atoms with Gasteiger partial charge in [-0.1, -0.05) is 0 Å². The van der Waals surface area contributed by atoms with Crippen LogP contribution in [0.4, 0.5) is 0 Å². The van der Waals surface area contributed by atoms with E-state index in [4.69, 9.17) is 5.73 Å². The van der Waals surface area contributed by atoms with Gasteiger partial charge in [0.25, 0.3) is 5.91 Å². The van der Waals surface area contributed by atoms with Crippen LogP contribution in [0.15, 0.2) is 30.7 Å². The van der Waals surface area contributed by atoms with Crippen molar-refractivity contribution in [1.82, 2.24) is 20.1 Å². The first-order valence-corrected chi connectivity index (χ1v) is 6.11. The molecule has 100 valence electrons. The molecule has 6 nitrogen and oxygen atoms in total. The summed E-state index contributed by atoms with van der Waals surface area (Å²) < 4.78 is 1.80. The molecule has 0 radical (unpaired) electrons. The van der Waals surface area contributed by atoms with Gasteiger partial charge in [0.2, 0.25) is 0 Å². The molecule has 2 heterocycles. The van der Waals surface area contributed by atoms with Gasteiger partial charge in [-0.15, -0.1) is 0 Å². The molecule has 2 rings (SSSR count). The monoisotopic (exact) mass is 259 g/mol. The molecule has 1 amide bonds. The van der Waals surface area contributed by atoms with Crippen LogP contribution in [0.3, 0.4) is 0 Å². The Labute approximate surface area is 111 Å². The minimum Gasteiger partial charge on any atom is -0.350 e. The zero-order valence-corrected chi connectivity index (χ0v) is 10.8. The lowest BCUT2D eigenvalue weighted by Crippen LogP contribution is -2.27. The molecule has 2 aromatic heterocycles. The lowest BCUT2D eigenvalue weighted by atomic mass is 10.2. The number of rotatable bonds is 5. The first kappa shape index (κ1) is 13.2. The van der Waals surface area contributed by atoms with Gasteiger partial charge in [0, 0.05) is 31.0 Å². The Kier molecular flexibility index (Phi) is 4.25. The topological polar surface area (TPSA) is 85.8 Å². The minimum absolute atomic E-state index is 0.124. The van der Waals surface area contributed by atoms with Crippen LogP contribution in [0.1, 0.15) is 21.6 Å². The highest BCUT2D eigenvalue weighted by Crippen LogP contribution is 2.01. The molecule has 3 N–H and O–H groups in total. The highest BCUT2D eigenvalue weighted by molar-refractivity contribution is 5.94. The lowest BCUT2D eigenvalue weighted by Gasteiger charge is -2.06. The molecular weight excluding hydrogens is 242 g/mol. The van der Waals surface area contributed by atoms with Crippen molar-refractivity contribution in [1.29, 1.82) is 0 Å². The summed E-state index contributed by atoms with van der Waals surface area (Å²) in [4.78, 5) is 16.0. The number of carbonyl (C=O) groups excluding carboxylic acids is 1. The van der Waals surface area contributed by atoms with Gasteiger partial charge in [0.15, 0.2) is 0 Å². The van der Waals surface area contributed by atoms with Crippen molar-refractivity contribution in [3.8, 4) is 0 Å². The molecule has 0 fully saturated rings. The molecule has 0 saturated carbocycles. The van der Waals surface area contributed by atoms with E-state index in [1.807, 2.05) is 13.1 Å². The van der Waals surface area contributed by atoms with Gasteiger partial charge >= 0.3 is 0 Å². The molecule has 19 heavy (non-hydrogen) atoms. The SMILES string of the molecule is Cc1cnn(CCNC(=O)c2ccnc(CN)c2)c1. The van der Waals surface area contributed by atoms with Gasteiger partial charge in [0.1, 0.15) is 0 Å². The summed E-state index contributed by atoms with van der Waals surface area (Å²) in [5.41, 5.74) is 7.88. The fourth-order valence-electron chi connectivity index (χ4n) is 1.71. The molecule has 0 saturated heterocycles. The van der Waals surface area contributed by atoms with Crippen molar-refractivity contribution >= 4 is 5.91 Å². The molecule has 0 aliphatic heterocycles. The second-order valence-corrected chi connectivity index (χ2v) is 4.28. The fraction of sp³-hybridized carbons (Fsp3) is 0.308. The second-order valence-electron chi connectivity index (χ2n) is 4.28. The molecule has 2 aromatic rings. The minimum atomic E-state index is -0.124. The van der Waals surface area contributed by atoms with Gasteiger partial charge in [-0.05, 0) is 24.6 Å². The Hall–Kier alpha value is -2.21. The number of aromatic nitrogens is 3. The van der Waals surface area contributed by atoms with Crippen LogP contribution < -0.4 is 11.1 Å². The number of carbonyl (C=O) groups is 1. The molecule has 0 unspecified atom stereocenters. The third-order valence-corrected chi connectivity index (χ3v) is 2.68. The fourth-order valence-corrected chi connectivity index (χ4v) is 1.71. The quantitative estimate of drug-likeness (QED) is 0.817. The third-order valence-electron chi connectivity index (χ3n) is 2.68. The summed E-state index contributed by atoms with van der Waals surface area (Å²) in [6.45, 7) is 3.48. The normalized spacial score (nSPS) is 10.4. The average Bonchev–Trinajstić information content (AvgIpc) is 2.84. The maximum Gasteiger partial charge on any atom is 0.251 e. The smallest absolute Gasteiger partial charge is 0.251 e. The van der Waals surface area contributed by atoms with Crippen molar-refractivity contribution in [2.75, 3.05) is 6.54 Å². The van der Waals surface area contributed by atoms with E-state index in [1.54, 1.807) is 29.2 Å². The summed E-state index contributed by atoms with van der Waals surface area (Å²) in [6.07, 6.45) is 5.32. The van der Waals surface area contributed by atoms with Crippen LogP contribution in [-0.2, 0) is 13.1 Å². The first-order chi connectivity index (χ1) is 9.19. The average molecular weight is 259 g/mol. The van der Waals surface area contributed by atoms with Crippen molar-refractivity contribution in [3.63, 3.8) is 0 Å². The van der Waals surface area contributed by atoms with E-state index in [1.165, 1.54) is 0 Å². The van der Waals surface area contributed by atoms with E-state index in [-0.39, 0.29) is 5.91 Å². The van der Waals surface area contributed by atoms with Crippen molar-refractivity contribution < 1.29 is 4.79 Å².